The van der Waals surface area contributed by atoms with Crippen molar-refractivity contribution in [3.05, 3.63) is 6.92 Å². The molecular weight excluding hydrogens is 164 g/mol. The second-order valence-corrected chi connectivity index (χ2v) is 3.10. The first-order chi connectivity index (χ1) is 6.31. The van der Waals surface area contributed by atoms with Gasteiger partial charge in [0.05, 0.1) is 0 Å². The van der Waals surface area contributed by atoms with Gasteiger partial charge in [0.25, 0.3) is 0 Å². The zero-order valence-electron chi connectivity index (χ0n) is 8.57. The van der Waals surface area contributed by atoms with E-state index in [9.17, 15) is 4.79 Å². The van der Waals surface area contributed by atoms with Crippen molar-refractivity contribution in [3.63, 3.8) is 0 Å². The lowest BCUT2D eigenvalue weighted by molar-refractivity contribution is 0.240. The molecular formula is C10H21N2O. The van der Waals surface area contributed by atoms with Crippen molar-refractivity contribution in [1.82, 2.24) is 10.6 Å². The van der Waals surface area contributed by atoms with E-state index in [2.05, 4.69) is 24.5 Å². The zero-order valence-corrected chi connectivity index (χ0v) is 8.57. The molecule has 0 aromatic heterocycles. The Hall–Kier alpha value is -0.730. The lowest BCUT2D eigenvalue weighted by Crippen LogP contribution is -2.36. The van der Waals surface area contributed by atoms with Gasteiger partial charge in [0.15, 0.2) is 0 Å². The van der Waals surface area contributed by atoms with Crippen molar-refractivity contribution >= 4 is 6.03 Å². The summed E-state index contributed by atoms with van der Waals surface area (Å²) in [6.07, 6.45) is 5.25. The van der Waals surface area contributed by atoms with E-state index >= 15 is 0 Å². The fraction of sp³-hybridized carbons (Fsp3) is 0.800. The first kappa shape index (κ1) is 12.3. The van der Waals surface area contributed by atoms with Crippen LogP contribution in [-0.4, -0.2) is 19.1 Å². The maximum atomic E-state index is 11.0. The topological polar surface area (TPSA) is 41.1 Å². The fourth-order valence-corrected chi connectivity index (χ4v) is 0.966. The number of hydrogen-bond acceptors (Lipinski definition) is 1. The van der Waals surface area contributed by atoms with E-state index in [0.717, 1.165) is 32.4 Å². The molecule has 0 heterocycles. The molecule has 0 bridgehead atoms. The average molecular weight is 185 g/mol. The van der Waals surface area contributed by atoms with Crippen LogP contribution in [0.15, 0.2) is 0 Å². The van der Waals surface area contributed by atoms with Gasteiger partial charge in [0, 0.05) is 13.1 Å². The molecule has 0 spiro atoms. The molecule has 0 saturated heterocycles. The lowest BCUT2D eigenvalue weighted by Gasteiger charge is -2.05. The number of hydrogen-bond donors (Lipinski definition) is 2. The van der Waals surface area contributed by atoms with Gasteiger partial charge in [-0.1, -0.05) is 33.1 Å². The van der Waals surface area contributed by atoms with Gasteiger partial charge in [-0.3, -0.25) is 0 Å². The van der Waals surface area contributed by atoms with Crippen LogP contribution in [-0.2, 0) is 0 Å². The molecule has 3 heteroatoms. The van der Waals surface area contributed by atoms with E-state index in [4.69, 9.17) is 0 Å². The summed E-state index contributed by atoms with van der Waals surface area (Å²) in [6.45, 7) is 7.35. The SMILES string of the molecule is [CH2]CCCNC(=O)NCCCCC. The Kier molecular flexibility index (Phi) is 8.83. The van der Waals surface area contributed by atoms with Crippen LogP contribution >= 0.6 is 0 Å². The second-order valence-electron chi connectivity index (χ2n) is 3.10. The largest absolute Gasteiger partial charge is 0.338 e. The molecule has 0 fully saturated rings. The minimum Gasteiger partial charge on any atom is -0.338 e. The highest BCUT2D eigenvalue weighted by Gasteiger charge is 1.96. The molecule has 0 atom stereocenters. The Bertz CT molecular complexity index is 126. The van der Waals surface area contributed by atoms with Gasteiger partial charge >= 0.3 is 6.03 Å². The summed E-state index contributed by atoms with van der Waals surface area (Å²) in [5, 5.41) is 5.58. The molecule has 2 N–H and O–H groups in total. The standard InChI is InChI=1S/C10H21N2O/c1-3-5-7-9-12-10(13)11-8-6-4-2/h2-9H2,1H3,(H2,11,12,13). The van der Waals surface area contributed by atoms with Crippen LogP contribution < -0.4 is 10.6 Å². The lowest BCUT2D eigenvalue weighted by atomic mass is 10.2. The minimum atomic E-state index is -0.0513. The van der Waals surface area contributed by atoms with E-state index < -0.39 is 0 Å². The summed E-state index contributed by atoms with van der Waals surface area (Å²) in [4.78, 5) is 11.0. The highest BCUT2D eigenvalue weighted by Crippen LogP contribution is 1.90. The molecule has 0 aromatic carbocycles. The van der Waals surface area contributed by atoms with Crippen molar-refractivity contribution < 1.29 is 4.79 Å². The number of urea groups is 1. The van der Waals surface area contributed by atoms with E-state index in [1.54, 1.807) is 0 Å². The van der Waals surface area contributed by atoms with Crippen molar-refractivity contribution in [2.24, 2.45) is 0 Å². The molecule has 77 valence electrons. The number of rotatable bonds is 7. The molecule has 0 aromatic rings. The molecule has 0 aliphatic carbocycles. The van der Waals surface area contributed by atoms with Crippen molar-refractivity contribution in [2.45, 2.75) is 39.0 Å². The number of unbranched alkanes of at least 4 members (excludes halogenated alkanes) is 3. The molecule has 1 radical (unpaired) electrons. The van der Waals surface area contributed by atoms with Crippen molar-refractivity contribution in [2.75, 3.05) is 13.1 Å². The smallest absolute Gasteiger partial charge is 0.314 e. The Labute approximate surface area is 81.3 Å². The van der Waals surface area contributed by atoms with Crippen molar-refractivity contribution in [3.8, 4) is 0 Å². The first-order valence-corrected chi connectivity index (χ1v) is 5.12. The molecule has 3 nitrogen and oxygen atoms in total. The van der Waals surface area contributed by atoms with Crippen LogP contribution in [0.4, 0.5) is 4.79 Å². The Morgan fingerprint density at radius 3 is 2.31 bits per heavy atom. The monoisotopic (exact) mass is 185 g/mol. The molecule has 2 amide bonds. The van der Waals surface area contributed by atoms with E-state index in [0.29, 0.717) is 0 Å². The molecule has 0 rings (SSSR count). The highest BCUT2D eigenvalue weighted by atomic mass is 16.2. The van der Waals surface area contributed by atoms with Crippen LogP contribution in [0.25, 0.3) is 0 Å². The summed E-state index contributed by atoms with van der Waals surface area (Å²) in [5.41, 5.74) is 0. The minimum absolute atomic E-state index is 0.0513. The third kappa shape index (κ3) is 9.18. The van der Waals surface area contributed by atoms with Gasteiger partial charge in [-0.15, -0.1) is 0 Å². The van der Waals surface area contributed by atoms with E-state index in [-0.39, 0.29) is 6.03 Å². The normalized spacial score (nSPS) is 9.69. The predicted octanol–water partition coefficient (Wildman–Crippen LogP) is 2.09. The third-order valence-corrected chi connectivity index (χ3v) is 1.78. The summed E-state index contributed by atoms with van der Waals surface area (Å²) < 4.78 is 0. The van der Waals surface area contributed by atoms with Crippen molar-refractivity contribution in [1.29, 1.82) is 0 Å². The number of nitrogens with one attached hydrogen (secondary N) is 2. The van der Waals surface area contributed by atoms with Gasteiger partial charge in [0.2, 0.25) is 0 Å². The number of carbonyl (C=O) groups excluding carboxylic acids is 1. The summed E-state index contributed by atoms with van der Waals surface area (Å²) in [5.74, 6) is 0. The number of carbonyl (C=O) groups is 1. The fourth-order valence-electron chi connectivity index (χ4n) is 0.966. The Balaban J connectivity index is 3.11. The first-order valence-electron chi connectivity index (χ1n) is 5.12. The van der Waals surface area contributed by atoms with Gasteiger partial charge in [-0.25, -0.2) is 4.79 Å². The second kappa shape index (κ2) is 9.36. The van der Waals surface area contributed by atoms with E-state index in [1.165, 1.54) is 12.8 Å². The Morgan fingerprint density at radius 1 is 1.15 bits per heavy atom. The maximum absolute atomic E-state index is 11.0. The number of amides is 2. The van der Waals surface area contributed by atoms with Crippen LogP contribution in [0.2, 0.25) is 0 Å². The van der Waals surface area contributed by atoms with Gasteiger partial charge < -0.3 is 10.6 Å². The Morgan fingerprint density at radius 2 is 1.77 bits per heavy atom. The zero-order chi connectivity index (χ0) is 9.94. The molecule has 0 aliphatic heterocycles. The van der Waals surface area contributed by atoms with Gasteiger partial charge in [-0.2, -0.15) is 0 Å². The third-order valence-electron chi connectivity index (χ3n) is 1.78. The quantitative estimate of drug-likeness (QED) is 0.586. The van der Waals surface area contributed by atoms with Crippen LogP contribution in [0.1, 0.15) is 39.0 Å². The van der Waals surface area contributed by atoms with Gasteiger partial charge in [0.1, 0.15) is 0 Å². The summed E-state index contributed by atoms with van der Waals surface area (Å²) in [7, 11) is 0. The maximum Gasteiger partial charge on any atom is 0.314 e. The summed E-state index contributed by atoms with van der Waals surface area (Å²) >= 11 is 0. The predicted molar refractivity (Wildman–Crippen MR) is 55.5 cm³/mol. The molecule has 0 unspecified atom stereocenters. The highest BCUT2D eigenvalue weighted by molar-refractivity contribution is 5.73. The van der Waals surface area contributed by atoms with Crippen LogP contribution in [0.5, 0.6) is 0 Å². The average Bonchev–Trinajstić information content (AvgIpc) is 2.13. The summed E-state index contributed by atoms with van der Waals surface area (Å²) in [6, 6.07) is -0.0513. The van der Waals surface area contributed by atoms with Crippen LogP contribution in [0, 0.1) is 6.92 Å². The van der Waals surface area contributed by atoms with Gasteiger partial charge in [-0.05, 0) is 12.8 Å². The van der Waals surface area contributed by atoms with Crippen LogP contribution in [0.3, 0.4) is 0 Å². The molecule has 13 heavy (non-hydrogen) atoms. The molecule has 0 aliphatic rings. The van der Waals surface area contributed by atoms with E-state index in [1.807, 2.05) is 0 Å². The molecule has 0 saturated carbocycles.